The molecule has 0 fully saturated rings. The highest BCUT2D eigenvalue weighted by atomic mass is 32.2. The molecule has 1 aromatic carbocycles. The number of anilines is 1. The molecule has 2 heterocycles. The summed E-state index contributed by atoms with van der Waals surface area (Å²) in [7, 11) is 0. The van der Waals surface area contributed by atoms with Gasteiger partial charge in [-0.05, 0) is 23.6 Å². The molecule has 2 aromatic rings. The number of amides is 1. The maximum Gasteiger partial charge on any atom is 0.257 e. The van der Waals surface area contributed by atoms with E-state index in [2.05, 4.69) is 11.4 Å². The molecule has 17 heavy (non-hydrogen) atoms. The molecule has 3 nitrogen and oxygen atoms in total. The summed E-state index contributed by atoms with van der Waals surface area (Å²) in [5.74, 6) is -0.349. The van der Waals surface area contributed by atoms with Crippen molar-refractivity contribution in [3.63, 3.8) is 0 Å². The lowest BCUT2D eigenvalue weighted by Gasteiger charge is -2.03. The minimum Gasteiger partial charge on any atom is -0.378 e. The van der Waals surface area contributed by atoms with E-state index in [0.29, 0.717) is 11.3 Å². The van der Waals surface area contributed by atoms with Gasteiger partial charge in [-0.2, -0.15) is 0 Å². The Bertz CT molecular complexity index is 566. The van der Waals surface area contributed by atoms with Gasteiger partial charge in [0, 0.05) is 16.1 Å². The van der Waals surface area contributed by atoms with Gasteiger partial charge in [0.25, 0.3) is 5.91 Å². The molecule has 2 N–H and O–H groups in total. The van der Waals surface area contributed by atoms with Gasteiger partial charge in [-0.3, -0.25) is 4.79 Å². The minimum absolute atomic E-state index is 0.349. The lowest BCUT2D eigenvalue weighted by atomic mass is 10.1. The largest absolute Gasteiger partial charge is 0.378 e. The third-order valence-electron chi connectivity index (χ3n) is 2.54. The summed E-state index contributed by atoms with van der Waals surface area (Å²) < 4.78 is 1.20. The molecule has 1 aliphatic heterocycles. The zero-order valence-corrected chi connectivity index (χ0v) is 10.3. The van der Waals surface area contributed by atoms with Gasteiger partial charge >= 0.3 is 0 Å². The molecule has 1 atom stereocenters. The van der Waals surface area contributed by atoms with Crippen LogP contribution in [0.4, 0.5) is 5.69 Å². The quantitative estimate of drug-likeness (QED) is 0.876. The zero-order valence-electron chi connectivity index (χ0n) is 8.71. The maximum absolute atomic E-state index is 11.3. The first-order valence-electron chi connectivity index (χ1n) is 5.08. The second-order valence-corrected chi connectivity index (χ2v) is 6.00. The zero-order chi connectivity index (χ0) is 11.8. The van der Waals surface area contributed by atoms with E-state index in [1.165, 1.54) is 4.21 Å². The van der Waals surface area contributed by atoms with Crippen LogP contribution in [0.2, 0.25) is 0 Å². The Labute approximate surface area is 106 Å². The van der Waals surface area contributed by atoms with Crippen molar-refractivity contribution in [2.24, 2.45) is 0 Å². The number of hydrogen-bond acceptors (Lipinski definition) is 4. The van der Waals surface area contributed by atoms with Crippen molar-refractivity contribution in [2.45, 2.75) is 15.2 Å². The van der Waals surface area contributed by atoms with Gasteiger partial charge in [0.15, 0.2) is 6.10 Å². The maximum atomic E-state index is 11.3. The summed E-state index contributed by atoms with van der Waals surface area (Å²) in [6.07, 6.45) is -1.02. The first kappa shape index (κ1) is 10.8. The van der Waals surface area contributed by atoms with E-state index in [4.69, 9.17) is 0 Å². The Morgan fingerprint density at radius 1 is 1.35 bits per heavy atom. The molecule has 0 saturated heterocycles. The van der Waals surface area contributed by atoms with Crippen LogP contribution in [0.1, 0.15) is 11.7 Å². The Hall–Kier alpha value is -1.30. The van der Waals surface area contributed by atoms with Crippen LogP contribution in [0, 0.1) is 0 Å². The van der Waals surface area contributed by atoms with Crippen molar-refractivity contribution in [2.75, 3.05) is 5.32 Å². The third kappa shape index (κ3) is 1.97. The van der Waals surface area contributed by atoms with Crippen molar-refractivity contribution in [1.82, 2.24) is 0 Å². The fourth-order valence-corrected chi connectivity index (χ4v) is 3.51. The molecule has 0 radical (unpaired) electrons. The van der Waals surface area contributed by atoms with Crippen LogP contribution in [0.15, 0.2) is 44.8 Å². The van der Waals surface area contributed by atoms with Gasteiger partial charge in [0.1, 0.15) is 0 Å². The number of fused-ring (bicyclic) bond motifs is 1. The Morgan fingerprint density at radius 3 is 3.00 bits per heavy atom. The van der Waals surface area contributed by atoms with Gasteiger partial charge in [-0.25, -0.2) is 0 Å². The lowest BCUT2D eigenvalue weighted by Crippen LogP contribution is -2.10. The van der Waals surface area contributed by atoms with Crippen molar-refractivity contribution in [1.29, 1.82) is 0 Å². The second kappa shape index (κ2) is 4.18. The number of carbonyl (C=O) groups excluding carboxylic acids is 1. The van der Waals surface area contributed by atoms with Crippen LogP contribution < -0.4 is 5.32 Å². The predicted molar refractivity (Wildman–Crippen MR) is 68.5 cm³/mol. The third-order valence-corrected chi connectivity index (χ3v) is 4.57. The van der Waals surface area contributed by atoms with Crippen molar-refractivity contribution in [3.8, 4) is 0 Å². The van der Waals surface area contributed by atoms with E-state index in [0.717, 1.165) is 4.90 Å². The minimum atomic E-state index is -1.02. The Balaban J connectivity index is 1.90. The number of benzene rings is 1. The molecule has 1 aromatic heterocycles. The van der Waals surface area contributed by atoms with Crippen LogP contribution in [-0.2, 0) is 4.79 Å². The summed E-state index contributed by atoms with van der Waals surface area (Å²) in [6.45, 7) is 0. The van der Waals surface area contributed by atoms with Gasteiger partial charge in [0.05, 0.1) is 4.21 Å². The number of rotatable bonds is 2. The highest BCUT2D eigenvalue weighted by molar-refractivity contribution is 8.01. The molecule has 1 amide bonds. The van der Waals surface area contributed by atoms with Crippen LogP contribution in [0.5, 0.6) is 0 Å². The number of thiophene rings is 1. The number of carbonyl (C=O) groups is 1. The summed E-state index contributed by atoms with van der Waals surface area (Å²) >= 11 is 3.33. The standard InChI is InChI=1S/C12H9NO2S2/c14-11-8-4-3-7(6-9(8)13-12(11)15)17-10-2-1-5-16-10/h1-6,11,14H,(H,13,15). The van der Waals surface area contributed by atoms with Crippen LogP contribution >= 0.6 is 23.1 Å². The van der Waals surface area contributed by atoms with E-state index in [1.807, 2.05) is 23.6 Å². The summed E-state index contributed by atoms with van der Waals surface area (Å²) in [4.78, 5) is 12.3. The lowest BCUT2D eigenvalue weighted by molar-refractivity contribution is -0.123. The summed E-state index contributed by atoms with van der Waals surface area (Å²) in [6, 6.07) is 9.68. The van der Waals surface area contributed by atoms with Gasteiger partial charge in [0.2, 0.25) is 0 Å². The van der Waals surface area contributed by atoms with E-state index < -0.39 is 6.10 Å². The smallest absolute Gasteiger partial charge is 0.257 e. The molecule has 0 aliphatic carbocycles. The monoisotopic (exact) mass is 263 g/mol. The van der Waals surface area contributed by atoms with Gasteiger partial charge in [-0.15, -0.1) is 11.3 Å². The Kier molecular flexibility index (Phi) is 2.66. The average molecular weight is 263 g/mol. The van der Waals surface area contributed by atoms with E-state index in [9.17, 15) is 9.90 Å². The molecule has 3 rings (SSSR count). The second-order valence-electron chi connectivity index (χ2n) is 3.67. The summed E-state index contributed by atoms with van der Waals surface area (Å²) in [5.41, 5.74) is 1.37. The number of nitrogens with one attached hydrogen (secondary N) is 1. The summed E-state index contributed by atoms with van der Waals surface area (Å²) in [5, 5.41) is 14.3. The Morgan fingerprint density at radius 2 is 2.24 bits per heavy atom. The molecule has 0 bridgehead atoms. The molecule has 1 aliphatic rings. The molecule has 0 saturated carbocycles. The fourth-order valence-electron chi connectivity index (χ4n) is 1.73. The van der Waals surface area contributed by atoms with Gasteiger partial charge in [-0.1, -0.05) is 23.9 Å². The highest BCUT2D eigenvalue weighted by Gasteiger charge is 2.28. The normalized spacial score (nSPS) is 17.9. The first-order valence-corrected chi connectivity index (χ1v) is 6.78. The van der Waals surface area contributed by atoms with Crippen LogP contribution in [0.25, 0.3) is 0 Å². The predicted octanol–water partition coefficient (Wildman–Crippen LogP) is 2.88. The van der Waals surface area contributed by atoms with E-state index in [1.54, 1.807) is 29.2 Å². The van der Waals surface area contributed by atoms with Crippen molar-refractivity contribution >= 4 is 34.7 Å². The highest BCUT2D eigenvalue weighted by Crippen LogP contribution is 2.37. The van der Waals surface area contributed by atoms with E-state index >= 15 is 0 Å². The molecular weight excluding hydrogens is 254 g/mol. The van der Waals surface area contributed by atoms with Crippen LogP contribution in [0.3, 0.4) is 0 Å². The number of aliphatic hydroxyl groups is 1. The average Bonchev–Trinajstić information content (AvgIpc) is 2.89. The fraction of sp³-hybridized carbons (Fsp3) is 0.0833. The van der Waals surface area contributed by atoms with Crippen LogP contribution in [-0.4, -0.2) is 11.0 Å². The van der Waals surface area contributed by atoms with E-state index in [-0.39, 0.29) is 5.91 Å². The first-order chi connectivity index (χ1) is 8.24. The molecule has 5 heteroatoms. The number of hydrogen-bond donors (Lipinski definition) is 2. The topological polar surface area (TPSA) is 49.3 Å². The van der Waals surface area contributed by atoms with Crippen molar-refractivity contribution < 1.29 is 9.90 Å². The molecular formula is C12H9NO2S2. The van der Waals surface area contributed by atoms with Crippen molar-refractivity contribution in [3.05, 3.63) is 41.3 Å². The SMILES string of the molecule is O=C1Nc2cc(Sc3cccs3)ccc2C1O. The number of aliphatic hydroxyl groups excluding tert-OH is 1. The van der Waals surface area contributed by atoms with Gasteiger partial charge < -0.3 is 10.4 Å². The molecule has 86 valence electrons. The molecule has 0 spiro atoms. The molecule has 1 unspecified atom stereocenters.